The number of hydrogen-bond donors (Lipinski definition) is 1. The van der Waals surface area contributed by atoms with Gasteiger partial charge in [-0.05, 0) is 31.0 Å². The number of benzene rings is 2. The summed E-state index contributed by atoms with van der Waals surface area (Å²) in [7, 11) is 0. The van der Waals surface area contributed by atoms with Crippen molar-refractivity contribution in [2.45, 2.75) is 19.4 Å². The van der Waals surface area contributed by atoms with Crippen molar-refractivity contribution in [2.24, 2.45) is 0 Å². The summed E-state index contributed by atoms with van der Waals surface area (Å²) in [4.78, 5) is 16.8. The molecule has 1 aliphatic rings. The number of hydrogen-bond acceptors (Lipinski definition) is 5. The first-order valence-corrected chi connectivity index (χ1v) is 9.74. The summed E-state index contributed by atoms with van der Waals surface area (Å²) in [6, 6.07) is 15.7. The van der Waals surface area contributed by atoms with E-state index in [0.717, 1.165) is 28.2 Å². The van der Waals surface area contributed by atoms with E-state index in [9.17, 15) is 4.79 Å². The molecule has 138 valence electrons. The molecule has 27 heavy (non-hydrogen) atoms. The largest absolute Gasteiger partial charge is 0.485 e. The molecular weight excluding hydrogens is 360 g/mol. The van der Waals surface area contributed by atoms with Crippen LogP contribution in [-0.2, 0) is 11.2 Å². The van der Waals surface area contributed by atoms with Crippen molar-refractivity contribution in [1.82, 2.24) is 10.3 Å². The lowest BCUT2D eigenvalue weighted by Gasteiger charge is -2.25. The van der Waals surface area contributed by atoms with Gasteiger partial charge in [-0.2, -0.15) is 0 Å². The minimum absolute atomic E-state index is 0.154. The number of carbonyl (C=O) groups is 1. The first-order chi connectivity index (χ1) is 13.2. The van der Waals surface area contributed by atoms with Crippen LogP contribution in [0.1, 0.15) is 10.6 Å². The van der Waals surface area contributed by atoms with E-state index in [1.807, 2.05) is 25.1 Å². The van der Waals surface area contributed by atoms with E-state index in [0.29, 0.717) is 18.0 Å². The van der Waals surface area contributed by atoms with E-state index in [1.54, 1.807) is 17.4 Å². The summed E-state index contributed by atoms with van der Waals surface area (Å²) in [5, 5.41) is 6.05. The molecule has 1 N–H and O–H groups in total. The van der Waals surface area contributed by atoms with Crippen molar-refractivity contribution in [3.05, 3.63) is 64.5 Å². The summed E-state index contributed by atoms with van der Waals surface area (Å²) in [6.07, 6.45) is 0.141. The van der Waals surface area contributed by atoms with E-state index < -0.39 is 6.10 Å². The zero-order chi connectivity index (χ0) is 18.6. The van der Waals surface area contributed by atoms with E-state index in [1.165, 1.54) is 0 Å². The van der Waals surface area contributed by atoms with Gasteiger partial charge in [0, 0.05) is 17.5 Å². The molecule has 1 aromatic heterocycles. The molecule has 0 spiro atoms. The van der Waals surface area contributed by atoms with Gasteiger partial charge in [-0.3, -0.25) is 4.79 Å². The highest BCUT2D eigenvalue weighted by molar-refractivity contribution is 7.09. The summed E-state index contributed by atoms with van der Waals surface area (Å²) in [5.74, 6) is 1.13. The quantitative estimate of drug-likeness (QED) is 0.734. The molecule has 2 aromatic carbocycles. The fraction of sp³-hybridized carbons (Fsp3) is 0.238. The van der Waals surface area contributed by atoms with Gasteiger partial charge in [-0.1, -0.05) is 36.4 Å². The van der Waals surface area contributed by atoms with Crippen LogP contribution in [0.25, 0.3) is 11.3 Å². The van der Waals surface area contributed by atoms with E-state index in [2.05, 4.69) is 39.9 Å². The number of fused-ring (bicyclic) bond motifs is 1. The van der Waals surface area contributed by atoms with Crippen LogP contribution in [0.3, 0.4) is 0 Å². The average Bonchev–Trinajstić information content (AvgIpc) is 3.14. The Morgan fingerprint density at radius 2 is 1.96 bits per heavy atom. The van der Waals surface area contributed by atoms with Gasteiger partial charge in [0.05, 0.1) is 10.7 Å². The first-order valence-electron chi connectivity index (χ1n) is 8.87. The minimum atomic E-state index is -0.616. The van der Waals surface area contributed by atoms with Crippen molar-refractivity contribution in [3.8, 4) is 22.8 Å². The highest BCUT2D eigenvalue weighted by Gasteiger charge is 2.26. The van der Waals surface area contributed by atoms with Crippen LogP contribution in [0, 0.1) is 6.92 Å². The predicted octanol–water partition coefficient (Wildman–Crippen LogP) is 3.62. The van der Waals surface area contributed by atoms with E-state index in [-0.39, 0.29) is 12.5 Å². The van der Waals surface area contributed by atoms with Gasteiger partial charge >= 0.3 is 0 Å². The maximum absolute atomic E-state index is 12.3. The van der Waals surface area contributed by atoms with Crippen LogP contribution in [0.2, 0.25) is 0 Å². The Morgan fingerprint density at radius 1 is 1.19 bits per heavy atom. The Labute approximate surface area is 162 Å². The lowest BCUT2D eigenvalue weighted by molar-refractivity contribution is -0.130. The number of para-hydroxylation sites is 2. The van der Waals surface area contributed by atoms with Crippen LogP contribution >= 0.6 is 11.3 Å². The molecule has 1 atom stereocenters. The monoisotopic (exact) mass is 380 g/mol. The van der Waals surface area contributed by atoms with Crippen LogP contribution in [0.4, 0.5) is 0 Å². The second-order valence-corrected chi connectivity index (χ2v) is 7.42. The number of rotatable bonds is 5. The van der Waals surface area contributed by atoms with Crippen molar-refractivity contribution in [1.29, 1.82) is 0 Å². The smallest absolute Gasteiger partial charge is 0.264 e. The SMILES string of the molecule is Cc1nc(-c2ccc(CCNC(=O)[C@@H]3COc4ccccc4O3)cc2)cs1. The number of thiazole rings is 1. The Morgan fingerprint density at radius 3 is 2.70 bits per heavy atom. The molecule has 1 aliphatic heterocycles. The standard InChI is InChI=1S/C21H20N2O3S/c1-14-23-17(13-27-14)16-8-6-15(7-9-16)10-11-22-21(24)20-12-25-18-4-2-3-5-19(18)26-20/h2-9,13,20H,10-12H2,1H3,(H,22,24)/t20-/m0/s1. The van der Waals surface area contributed by atoms with Gasteiger partial charge < -0.3 is 14.8 Å². The molecule has 0 fully saturated rings. The normalized spacial score (nSPS) is 15.4. The van der Waals surface area contributed by atoms with Gasteiger partial charge in [0.15, 0.2) is 11.5 Å². The Hall–Kier alpha value is -2.86. The number of nitrogens with one attached hydrogen (secondary N) is 1. The molecule has 0 saturated carbocycles. The maximum atomic E-state index is 12.3. The van der Waals surface area contributed by atoms with Crippen molar-refractivity contribution < 1.29 is 14.3 Å². The molecule has 5 nitrogen and oxygen atoms in total. The number of aryl methyl sites for hydroxylation is 1. The average molecular weight is 380 g/mol. The molecule has 0 bridgehead atoms. The third-order valence-electron chi connectivity index (χ3n) is 4.38. The number of nitrogens with zero attached hydrogens (tertiary/aromatic N) is 1. The molecule has 4 rings (SSSR count). The number of amides is 1. The van der Waals surface area contributed by atoms with Gasteiger partial charge in [-0.25, -0.2) is 4.98 Å². The molecule has 0 radical (unpaired) electrons. The molecular formula is C21H20N2O3S. The molecule has 0 saturated heterocycles. The number of carbonyl (C=O) groups excluding carboxylic acids is 1. The Kier molecular flexibility index (Phi) is 5.07. The summed E-state index contributed by atoms with van der Waals surface area (Å²) >= 11 is 1.65. The number of ether oxygens (including phenoxy) is 2. The van der Waals surface area contributed by atoms with E-state index in [4.69, 9.17) is 9.47 Å². The topological polar surface area (TPSA) is 60.5 Å². The van der Waals surface area contributed by atoms with Gasteiger partial charge in [0.1, 0.15) is 6.61 Å². The third-order valence-corrected chi connectivity index (χ3v) is 5.16. The molecule has 1 amide bonds. The van der Waals surface area contributed by atoms with Crippen LogP contribution in [-0.4, -0.2) is 30.1 Å². The lowest BCUT2D eigenvalue weighted by atomic mass is 10.1. The van der Waals surface area contributed by atoms with Crippen molar-refractivity contribution in [3.63, 3.8) is 0 Å². The second-order valence-electron chi connectivity index (χ2n) is 6.35. The first kappa shape index (κ1) is 17.5. The van der Waals surface area contributed by atoms with E-state index >= 15 is 0 Å². The molecule has 6 heteroatoms. The Bertz CT molecular complexity index is 937. The van der Waals surface area contributed by atoms with Crippen molar-refractivity contribution >= 4 is 17.2 Å². The number of aromatic nitrogens is 1. The third kappa shape index (κ3) is 4.11. The fourth-order valence-electron chi connectivity index (χ4n) is 2.93. The van der Waals surface area contributed by atoms with Crippen LogP contribution in [0.5, 0.6) is 11.5 Å². The summed E-state index contributed by atoms with van der Waals surface area (Å²) < 4.78 is 11.3. The zero-order valence-electron chi connectivity index (χ0n) is 15.0. The van der Waals surface area contributed by atoms with Gasteiger partial charge in [0.2, 0.25) is 6.10 Å². The van der Waals surface area contributed by atoms with Crippen LogP contribution < -0.4 is 14.8 Å². The molecule has 0 unspecified atom stereocenters. The molecule has 0 aliphatic carbocycles. The van der Waals surface area contributed by atoms with Crippen molar-refractivity contribution in [2.75, 3.05) is 13.2 Å². The zero-order valence-corrected chi connectivity index (χ0v) is 15.8. The summed E-state index contributed by atoms with van der Waals surface area (Å²) in [5.41, 5.74) is 3.28. The van der Waals surface area contributed by atoms with Gasteiger partial charge in [-0.15, -0.1) is 11.3 Å². The highest BCUT2D eigenvalue weighted by Crippen LogP contribution is 2.30. The maximum Gasteiger partial charge on any atom is 0.264 e. The lowest BCUT2D eigenvalue weighted by Crippen LogP contribution is -2.44. The summed E-state index contributed by atoms with van der Waals surface area (Å²) in [6.45, 7) is 2.78. The highest BCUT2D eigenvalue weighted by atomic mass is 32.1. The molecule has 3 aromatic rings. The second kappa shape index (κ2) is 7.80. The van der Waals surface area contributed by atoms with Gasteiger partial charge in [0.25, 0.3) is 5.91 Å². The predicted molar refractivity (Wildman–Crippen MR) is 105 cm³/mol. The Balaban J connectivity index is 1.28. The fourth-order valence-corrected chi connectivity index (χ4v) is 3.55. The molecule has 2 heterocycles. The minimum Gasteiger partial charge on any atom is -0.485 e. The van der Waals surface area contributed by atoms with Crippen LogP contribution in [0.15, 0.2) is 53.9 Å².